The van der Waals surface area contributed by atoms with E-state index in [1.165, 1.54) is 16.3 Å². The van der Waals surface area contributed by atoms with E-state index in [0.29, 0.717) is 0 Å². The van der Waals surface area contributed by atoms with Gasteiger partial charge in [0.05, 0.1) is 17.1 Å². The van der Waals surface area contributed by atoms with Crippen molar-refractivity contribution in [2.75, 3.05) is 6.54 Å². The lowest BCUT2D eigenvalue weighted by Crippen LogP contribution is -2.18. The lowest BCUT2D eigenvalue weighted by atomic mass is 10.0. The summed E-state index contributed by atoms with van der Waals surface area (Å²) < 4.78 is 6.05. The van der Waals surface area contributed by atoms with Crippen LogP contribution in [0, 0.1) is 0 Å². The summed E-state index contributed by atoms with van der Waals surface area (Å²) >= 11 is 0. The van der Waals surface area contributed by atoms with Gasteiger partial charge in [0.15, 0.2) is 0 Å². The van der Waals surface area contributed by atoms with Gasteiger partial charge in [-0.25, -0.2) is 4.98 Å². The second-order valence-corrected chi connectivity index (χ2v) is 7.06. The second kappa shape index (κ2) is 7.80. The Morgan fingerprint density at radius 2 is 1.81 bits per heavy atom. The first-order chi connectivity index (χ1) is 13.2. The topological polar surface area (TPSA) is 49.9 Å². The van der Waals surface area contributed by atoms with Crippen molar-refractivity contribution >= 4 is 21.8 Å². The molecular formula is C23H25N3O. The number of ether oxygens (including phenoxy) is 1. The van der Waals surface area contributed by atoms with Gasteiger partial charge in [-0.15, -0.1) is 0 Å². The van der Waals surface area contributed by atoms with Crippen LogP contribution in [0.2, 0.25) is 0 Å². The molecule has 4 aromatic rings. The van der Waals surface area contributed by atoms with Gasteiger partial charge in [0.2, 0.25) is 0 Å². The van der Waals surface area contributed by atoms with Crippen LogP contribution in [0.3, 0.4) is 0 Å². The lowest BCUT2D eigenvalue weighted by Gasteiger charge is -2.17. The molecule has 0 aliphatic carbocycles. The van der Waals surface area contributed by atoms with Crippen LogP contribution >= 0.6 is 0 Å². The van der Waals surface area contributed by atoms with E-state index in [1.807, 2.05) is 18.2 Å². The van der Waals surface area contributed by atoms with E-state index >= 15 is 0 Å². The molecule has 0 saturated heterocycles. The zero-order valence-electron chi connectivity index (χ0n) is 15.8. The quantitative estimate of drug-likeness (QED) is 0.464. The van der Waals surface area contributed by atoms with Gasteiger partial charge in [0.25, 0.3) is 0 Å². The number of aromatic nitrogens is 2. The molecule has 27 heavy (non-hydrogen) atoms. The normalized spacial score (nSPS) is 11.5. The standard InChI is InChI=1S/C23H25N3O/c1-16(2)27-22-12-11-17-7-3-4-8-18(17)19(22)15-24-14-13-23-25-20-9-5-6-10-21(20)26-23/h3-12,16,24H,13-15H2,1-2H3,(H,25,26). The Balaban J connectivity index is 1.47. The molecule has 0 spiro atoms. The lowest BCUT2D eigenvalue weighted by molar-refractivity contribution is 0.240. The average Bonchev–Trinajstić information content (AvgIpc) is 3.08. The number of H-pyrrole nitrogens is 1. The molecule has 0 unspecified atom stereocenters. The molecular weight excluding hydrogens is 334 g/mol. The molecule has 0 aliphatic rings. The molecule has 0 atom stereocenters. The molecule has 4 rings (SSSR count). The summed E-state index contributed by atoms with van der Waals surface area (Å²) in [5.41, 5.74) is 3.33. The summed E-state index contributed by atoms with van der Waals surface area (Å²) in [7, 11) is 0. The minimum absolute atomic E-state index is 0.153. The molecule has 4 nitrogen and oxygen atoms in total. The third kappa shape index (κ3) is 3.96. The second-order valence-electron chi connectivity index (χ2n) is 7.06. The number of rotatable bonds is 7. The summed E-state index contributed by atoms with van der Waals surface area (Å²) in [6.45, 7) is 5.75. The van der Waals surface area contributed by atoms with Crippen LogP contribution in [0.4, 0.5) is 0 Å². The molecule has 138 valence electrons. The number of benzene rings is 3. The number of aromatic amines is 1. The fourth-order valence-corrected chi connectivity index (χ4v) is 3.41. The van der Waals surface area contributed by atoms with Crippen LogP contribution in [0.25, 0.3) is 21.8 Å². The fourth-order valence-electron chi connectivity index (χ4n) is 3.41. The van der Waals surface area contributed by atoms with E-state index in [4.69, 9.17) is 4.74 Å². The van der Waals surface area contributed by atoms with E-state index < -0.39 is 0 Å². The van der Waals surface area contributed by atoms with Crippen molar-refractivity contribution in [3.8, 4) is 5.75 Å². The van der Waals surface area contributed by atoms with Gasteiger partial charge in [0, 0.05) is 25.1 Å². The summed E-state index contributed by atoms with van der Waals surface area (Å²) in [6, 6.07) is 20.8. The van der Waals surface area contributed by atoms with Crippen molar-refractivity contribution in [2.45, 2.75) is 32.9 Å². The zero-order chi connectivity index (χ0) is 18.6. The zero-order valence-corrected chi connectivity index (χ0v) is 15.8. The van der Waals surface area contributed by atoms with Gasteiger partial charge < -0.3 is 15.0 Å². The van der Waals surface area contributed by atoms with Crippen LogP contribution in [0.1, 0.15) is 25.2 Å². The number of hydrogen-bond acceptors (Lipinski definition) is 3. The van der Waals surface area contributed by atoms with Crippen LogP contribution in [-0.2, 0) is 13.0 Å². The smallest absolute Gasteiger partial charge is 0.124 e. The van der Waals surface area contributed by atoms with E-state index in [9.17, 15) is 0 Å². The summed E-state index contributed by atoms with van der Waals surface area (Å²) in [5.74, 6) is 1.97. The maximum Gasteiger partial charge on any atom is 0.124 e. The molecule has 0 saturated carbocycles. The monoisotopic (exact) mass is 359 g/mol. The van der Waals surface area contributed by atoms with Crippen LogP contribution < -0.4 is 10.1 Å². The minimum Gasteiger partial charge on any atom is -0.491 e. The summed E-state index contributed by atoms with van der Waals surface area (Å²) in [6.07, 6.45) is 1.01. The maximum absolute atomic E-state index is 6.05. The number of para-hydroxylation sites is 2. The Labute approximate surface area is 159 Å². The molecule has 0 fully saturated rings. The summed E-state index contributed by atoms with van der Waals surface area (Å²) in [4.78, 5) is 8.03. The first-order valence-corrected chi connectivity index (χ1v) is 9.52. The molecule has 1 heterocycles. The third-order valence-corrected chi connectivity index (χ3v) is 4.64. The van der Waals surface area contributed by atoms with Gasteiger partial charge in [-0.1, -0.05) is 42.5 Å². The van der Waals surface area contributed by atoms with Crippen molar-refractivity contribution in [1.82, 2.24) is 15.3 Å². The highest BCUT2D eigenvalue weighted by molar-refractivity contribution is 5.87. The Bertz CT molecular complexity index is 1020. The molecule has 0 aliphatic heterocycles. The SMILES string of the molecule is CC(C)Oc1ccc2ccccc2c1CNCCc1nc2ccccc2[nH]1. The fraction of sp³-hybridized carbons (Fsp3) is 0.261. The summed E-state index contributed by atoms with van der Waals surface area (Å²) in [5, 5.41) is 6.04. The molecule has 3 aromatic carbocycles. The van der Waals surface area contributed by atoms with Crippen molar-refractivity contribution in [1.29, 1.82) is 0 Å². The molecule has 0 radical (unpaired) electrons. The maximum atomic E-state index is 6.05. The highest BCUT2D eigenvalue weighted by Gasteiger charge is 2.10. The third-order valence-electron chi connectivity index (χ3n) is 4.64. The Morgan fingerprint density at radius 1 is 1.00 bits per heavy atom. The number of imidazole rings is 1. The van der Waals surface area contributed by atoms with E-state index in [1.54, 1.807) is 0 Å². The number of hydrogen-bond donors (Lipinski definition) is 2. The number of nitrogens with one attached hydrogen (secondary N) is 2. The first kappa shape index (κ1) is 17.6. The molecule has 2 N–H and O–H groups in total. The Kier molecular flexibility index (Phi) is 5.07. The van der Waals surface area contributed by atoms with E-state index in [0.717, 1.165) is 42.1 Å². The molecule has 1 aromatic heterocycles. The average molecular weight is 359 g/mol. The highest BCUT2D eigenvalue weighted by Crippen LogP contribution is 2.28. The van der Waals surface area contributed by atoms with Crippen molar-refractivity contribution in [3.05, 3.63) is 72.1 Å². The van der Waals surface area contributed by atoms with Gasteiger partial charge in [-0.05, 0) is 42.8 Å². The molecule has 4 heteroatoms. The Morgan fingerprint density at radius 3 is 2.67 bits per heavy atom. The predicted octanol–water partition coefficient (Wildman–Crippen LogP) is 4.84. The van der Waals surface area contributed by atoms with Gasteiger partial charge in [0.1, 0.15) is 11.6 Å². The molecule has 0 bridgehead atoms. The number of fused-ring (bicyclic) bond motifs is 2. The first-order valence-electron chi connectivity index (χ1n) is 9.52. The van der Waals surface area contributed by atoms with E-state index in [2.05, 4.69) is 71.6 Å². The van der Waals surface area contributed by atoms with Crippen molar-refractivity contribution < 1.29 is 4.74 Å². The Hall–Kier alpha value is -2.85. The van der Waals surface area contributed by atoms with Gasteiger partial charge >= 0.3 is 0 Å². The van der Waals surface area contributed by atoms with E-state index in [-0.39, 0.29) is 6.10 Å². The minimum atomic E-state index is 0.153. The largest absolute Gasteiger partial charge is 0.491 e. The van der Waals surface area contributed by atoms with Crippen LogP contribution in [0.15, 0.2) is 60.7 Å². The van der Waals surface area contributed by atoms with Crippen LogP contribution in [-0.4, -0.2) is 22.6 Å². The van der Waals surface area contributed by atoms with Crippen LogP contribution in [0.5, 0.6) is 5.75 Å². The number of nitrogens with zero attached hydrogens (tertiary/aromatic N) is 1. The predicted molar refractivity (Wildman–Crippen MR) is 111 cm³/mol. The van der Waals surface area contributed by atoms with Gasteiger partial charge in [-0.2, -0.15) is 0 Å². The van der Waals surface area contributed by atoms with Crippen molar-refractivity contribution in [2.24, 2.45) is 0 Å². The van der Waals surface area contributed by atoms with Gasteiger partial charge in [-0.3, -0.25) is 0 Å². The molecule has 0 amide bonds. The highest BCUT2D eigenvalue weighted by atomic mass is 16.5. The van der Waals surface area contributed by atoms with Crippen molar-refractivity contribution in [3.63, 3.8) is 0 Å².